The molecule has 0 atom stereocenters. The molecule has 5 heteroatoms. The number of benzene rings is 2. The van der Waals surface area contributed by atoms with Crippen molar-refractivity contribution in [1.82, 2.24) is 0 Å². The number of carbonyl (C=O) groups is 1. The molecule has 0 heterocycles. The van der Waals surface area contributed by atoms with Crippen LogP contribution in [0.2, 0.25) is 5.02 Å². The zero-order valence-electron chi connectivity index (χ0n) is 11.7. The summed E-state index contributed by atoms with van der Waals surface area (Å²) >= 11 is 6.01. The summed E-state index contributed by atoms with van der Waals surface area (Å²) in [4.78, 5) is 12.1. The SMILES string of the molecule is CCCOc1ccc(NC(=O)c2ccc(N)cc2Cl)cc1. The van der Waals surface area contributed by atoms with E-state index in [1.165, 1.54) is 0 Å². The Bertz CT molecular complexity index is 627. The minimum atomic E-state index is -0.276. The van der Waals surface area contributed by atoms with Gasteiger partial charge in [0.2, 0.25) is 0 Å². The van der Waals surface area contributed by atoms with Crippen LogP contribution in [-0.4, -0.2) is 12.5 Å². The molecular weight excluding hydrogens is 288 g/mol. The third kappa shape index (κ3) is 4.13. The monoisotopic (exact) mass is 304 g/mol. The van der Waals surface area contributed by atoms with Crippen LogP contribution in [0, 0.1) is 0 Å². The van der Waals surface area contributed by atoms with Gasteiger partial charge in [0.25, 0.3) is 5.91 Å². The van der Waals surface area contributed by atoms with Crippen molar-refractivity contribution >= 4 is 28.9 Å². The number of nitrogen functional groups attached to an aromatic ring is 1. The van der Waals surface area contributed by atoms with Crippen molar-refractivity contribution in [3.63, 3.8) is 0 Å². The van der Waals surface area contributed by atoms with Crippen molar-refractivity contribution in [3.05, 3.63) is 53.1 Å². The highest BCUT2D eigenvalue weighted by Gasteiger charge is 2.10. The Labute approximate surface area is 128 Å². The Balaban J connectivity index is 2.05. The highest BCUT2D eigenvalue weighted by Crippen LogP contribution is 2.21. The fourth-order valence-electron chi connectivity index (χ4n) is 1.77. The number of halogens is 1. The Hall–Kier alpha value is -2.20. The summed E-state index contributed by atoms with van der Waals surface area (Å²) < 4.78 is 5.48. The maximum Gasteiger partial charge on any atom is 0.257 e. The maximum absolute atomic E-state index is 12.1. The number of carbonyl (C=O) groups excluding carboxylic acids is 1. The van der Waals surface area contributed by atoms with Crippen molar-refractivity contribution in [2.45, 2.75) is 13.3 Å². The number of anilines is 2. The summed E-state index contributed by atoms with van der Waals surface area (Å²) in [6, 6.07) is 12.0. The summed E-state index contributed by atoms with van der Waals surface area (Å²) in [7, 11) is 0. The smallest absolute Gasteiger partial charge is 0.257 e. The zero-order valence-corrected chi connectivity index (χ0v) is 12.5. The molecule has 3 N–H and O–H groups in total. The quantitative estimate of drug-likeness (QED) is 0.822. The van der Waals surface area contributed by atoms with E-state index in [1.54, 1.807) is 30.3 Å². The van der Waals surface area contributed by atoms with Crippen LogP contribution < -0.4 is 15.8 Å². The molecule has 21 heavy (non-hydrogen) atoms. The first-order valence-electron chi connectivity index (χ1n) is 6.69. The third-order valence-corrected chi connectivity index (χ3v) is 3.14. The first-order chi connectivity index (χ1) is 10.1. The molecule has 0 aromatic heterocycles. The van der Waals surface area contributed by atoms with E-state index in [4.69, 9.17) is 22.1 Å². The number of nitrogens with one attached hydrogen (secondary N) is 1. The molecule has 2 rings (SSSR count). The van der Waals surface area contributed by atoms with E-state index in [0.717, 1.165) is 12.2 Å². The van der Waals surface area contributed by atoms with E-state index in [-0.39, 0.29) is 5.91 Å². The van der Waals surface area contributed by atoms with Gasteiger partial charge in [0.1, 0.15) is 5.75 Å². The molecule has 0 saturated carbocycles. The van der Waals surface area contributed by atoms with E-state index in [0.29, 0.717) is 28.6 Å². The molecule has 2 aromatic rings. The largest absolute Gasteiger partial charge is 0.494 e. The molecule has 110 valence electrons. The first-order valence-corrected chi connectivity index (χ1v) is 7.07. The van der Waals surface area contributed by atoms with Gasteiger partial charge in [0.05, 0.1) is 17.2 Å². The molecule has 4 nitrogen and oxygen atoms in total. The number of ether oxygens (including phenoxy) is 1. The molecule has 0 aliphatic carbocycles. The van der Waals surface area contributed by atoms with Gasteiger partial charge in [-0.1, -0.05) is 18.5 Å². The number of amides is 1. The molecule has 0 saturated heterocycles. The van der Waals surface area contributed by atoms with Crippen molar-refractivity contribution in [3.8, 4) is 5.75 Å². The number of hydrogen-bond donors (Lipinski definition) is 2. The van der Waals surface area contributed by atoms with Crippen molar-refractivity contribution < 1.29 is 9.53 Å². The van der Waals surface area contributed by atoms with Gasteiger partial charge in [0, 0.05) is 11.4 Å². The summed E-state index contributed by atoms with van der Waals surface area (Å²) in [5.41, 5.74) is 7.19. The van der Waals surface area contributed by atoms with Crippen LogP contribution in [0.25, 0.3) is 0 Å². The Morgan fingerprint density at radius 1 is 1.24 bits per heavy atom. The van der Waals surface area contributed by atoms with Gasteiger partial charge in [-0.05, 0) is 48.9 Å². The van der Waals surface area contributed by atoms with Crippen molar-refractivity contribution in [1.29, 1.82) is 0 Å². The lowest BCUT2D eigenvalue weighted by Gasteiger charge is -2.09. The molecular formula is C16H17ClN2O2. The second kappa shape index (κ2) is 6.99. The molecule has 1 amide bonds. The van der Waals surface area contributed by atoms with Crippen LogP contribution >= 0.6 is 11.6 Å². The highest BCUT2D eigenvalue weighted by molar-refractivity contribution is 6.34. The lowest BCUT2D eigenvalue weighted by molar-refractivity contribution is 0.102. The van der Waals surface area contributed by atoms with Crippen LogP contribution in [0.1, 0.15) is 23.7 Å². The van der Waals surface area contributed by atoms with E-state index in [2.05, 4.69) is 5.32 Å². The molecule has 0 aliphatic rings. The van der Waals surface area contributed by atoms with Gasteiger partial charge in [-0.25, -0.2) is 0 Å². The minimum Gasteiger partial charge on any atom is -0.494 e. The lowest BCUT2D eigenvalue weighted by atomic mass is 10.2. The molecule has 0 radical (unpaired) electrons. The molecule has 0 bridgehead atoms. The van der Waals surface area contributed by atoms with Gasteiger partial charge < -0.3 is 15.8 Å². The molecule has 0 fully saturated rings. The van der Waals surface area contributed by atoms with E-state index in [9.17, 15) is 4.79 Å². The Kier molecular flexibility index (Phi) is 5.06. The lowest BCUT2D eigenvalue weighted by Crippen LogP contribution is -2.12. The minimum absolute atomic E-state index is 0.276. The van der Waals surface area contributed by atoms with Crippen molar-refractivity contribution in [2.75, 3.05) is 17.7 Å². The predicted octanol–water partition coefficient (Wildman–Crippen LogP) is 3.96. The van der Waals surface area contributed by atoms with Gasteiger partial charge in [-0.3, -0.25) is 4.79 Å². The van der Waals surface area contributed by atoms with Crippen LogP contribution in [0.5, 0.6) is 5.75 Å². The number of hydrogen-bond acceptors (Lipinski definition) is 3. The van der Waals surface area contributed by atoms with Crippen molar-refractivity contribution in [2.24, 2.45) is 0 Å². The second-order valence-corrected chi connectivity index (χ2v) is 4.97. The van der Waals surface area contributed by atoms with Crippen LogP contribution in [0.15, 0.2) is 42.5 Å². The van der Waals surface area contributed by atoms with E-state index >= 15 is 0 Å². The second-order valence-electron chi connectivity index (χ2n) is 4.57. The van der Waals surface area contributed by atoms with Crippen LogP contribution in [0.4, 0.5) is 11.4 Å². The van der Waals surface area contributed by atoms with Crippen LogP contribution in [-0.2, 0) is 0 Å². The zero-order chi connectivity index (χ0) is 15.2. The molecule has 0 unspecified atom stereocenters. The average molecular weight is 305 g/mol. The third-order valence-electron chi connectivity index (χ3n) is 2.82. The van der Waals surface area contributed by atoms with Gasteiger partial charge >= 0.3 is 0 Å². The highest BCUT2D eigenvalue weighted by atomic mass is 35.5. The normalized spacial score (nSPS) is 10.2. The molecule has 2 aromatic carbocycles. The van der Waals surface area contributed by atoms with Gasteiger partial charge in [0.15, 0.2) is 0 Å². The topological polar surface area (TPSA) is 64.3 Å². The molecule has 0 spiro atoms. The summed E-state index contributed by atoms with van der Waals surface area (Å²) in [5.74, 6) is 0.502. The Morgan fingerprint density at radius 2 is 1.95 bits per heavy atom. The fourth-order valence-corrected chi connectivity index (χ4v) is 2.04. The maximum atomic E-state index is 12.1. The number of nitrogens with two attached hydrogens (primary N) is 1. The van der Waals surface area contributed by atoms with E-state index < -0.39 is 0 Å². The molecule has 0 aliphatic heterocycles. The fraction of sp³-hybridized carbons (Fsp3) is 0.188. The predicted molar refractivity (Wildman–Crippen MR) is 86.0 cm³/mol. The first kappa shape index (κ1) is 15.2. The standard InChI is InChI=1S/C16H17ClN2O2/c1-2-9-21-13-6-4-12(5-7-13)19-16(20)14-8-3-11(18)10-15(14)17/h3-8,10H,2,9,18H2,1H3,(H,19,20). The average Bonchev–Trinajstić information content (AvgIpc) is 2.46. The summed E-state index contributed by atoms with van der Waals surface area (Å²) in [6.45, 7) is 2.72. The number of rotatable bonds is 5. The van der Waals surface area contributed by atoms with Gasteiger partial charge in [-0.15, -0.1) is 0 Å². The summed E-state index contributed by atoms with van der Waals surface area (Å²) in [5, 5.41) is 3.11. The van der Waals surface area contributed by atoms with Gasteiger partial charge in [-0.2, -0.15) is 0 Å². The van der Waals surface area contributed by atoms with E-state index in [1.807, 2.05) is 19.1 Å². The summed E-state index contributed by atoms with van der Waals surface area (Å²) in [6.07, 6.45) is 0.953. The Morgan fingerprint density at radius 3 is 2.57 bits per heavy atom. The van der Waals surface area contributed by atoms with Crippen LogP contribution in [0.3, 0.4) is 0 Å².